The van der Waals surface area contributed by atoms with Gasteiger partial charge in [0.05, 0.1) is 30.1 Å². The minimum absolute atomic E-state index is 0.692. The molecule has 0 spiro atoms. The number of aryl methyl sites for hydroxylation is 1. The number of nitrogens with zero attached hydrogens (tertiary/aromatic N) is 4. The van der Waals surface area contributed by atoms with E-state index >= 15 is 0 Å². The molecule has 0 atom stereocenters. The van der Waals surface area contributed by atoms with Gasteiger partial charge in [0.25, 0.3) is 0 Å². The van der Waals surface area contributed by atoms with Gasteiger partial charge in [0.1, 0.15) is 0 Å². The number of fused-ring (bicyclic) bond motifs is 1. The Hall–Kier alpha value is -2.24. The van der Waals surface area contributed by atoms with E-state index in [-0.39, 0.29) is 0 Å². The maximum atomic E-state index is 5.45. The molecule has 5 nitrogen and oxygen atoms in total. The highest BCUT2D eigenvalue weighted by Gasteiger charge is 2.27. The Labute approximate surface area is 160 Å². The first-order valence-corrected chi connectivity index (χ1v) is 10.00. The van der Waals surface area contributed by atoms with E-state index in [1.165, 1.54) is 29.4 Å². The highest BCUT2D eigenvalue weighted by atomic mass is 16.5. The number of ether oxygens (including phenoxy) is 1. The van der Waals surface area contributed by atoms with Crippen LogP contribution in [0.5, 0.6) is 0 Å². The zero-order valence-corrected chi connectivity index (χ0v) is 15.9. The highest BCUT2D eigenvalue weighted by molar-refractivity contribution is 5.86. The van der Waals surface area contributed by atoms with Crippen molar-refractivity contribution in [1.82, 2.24) is 19.7 Å². The summed E-state index contributed by atoms with van der Waals surface area (Å²) < 4.78 is 7.36. The summed E-state index contributed by atoms with van der Waals surface area (Å²) in [5.41, 5.74) is 6.08. The number of hydrogen-bond acceptors (Lipinski definition) is 4. The van der Waals surface area contributed by atoms with Crippen LogP contribution in [0.15, 0.2) is 36.5 Å². The van der Waals surface area contributed by atoms with Crippen LogP contribution in [0.25, 0.3) is 22.3 Å². The van der Waals surface area contributed by atoms with Gasteiger partial charge in [0.2, 0.25) is 0 Å². The van der Waals surface area contributed by atoms with Crippen molar-refractivity contribution in [2.24, 2.45) is 7.05 Å². The molecule has 0 bridgehead atoms. The summed E-state index contributed by atoms with van der Waals surface area (Å²) in [5, 5.41) is 5.65. The quantitative estimate of drug-likeness (QED) is 0.698. The summed E-state index contributed by atoms with van der Waals surface area (Å²) in [5.74, 6) is 0.692. The van der Waals surface area contributed by atoms with Crippen LogP contribution in [-0.4, -0.2) is 52.5 Å². The molecular weight excluding hydrogens is 336 g/mol. The molecule has 2 aromatic heterocycles. The van der Waals surface area contributed by atoms with Gasteiger partial charge in [0, 0.05) is 38.3 Å². The Morgan fingerprint density at radius 2 is 1.96 bits per heavy atom. The van der Waals surface area contributed by atoms with Crippen LogP contribution in [0.4, 0.5) is 0 Å². The predicted octanol–water partition coefficient (Wildman–Crippen LogP) is 3.39. The molecule has 2 aliphatic rings. The summed E-state index contributed by atoms with van der Waals surface area (Å²) in [7, 11) is 1.98. The van der Waals surface area contributed by atoms with E-state index < -0.39 is 0 Å². The van der Waals surface area contributed by atoms with Gasteiger partial charge in [-0.15, -0.1) is 0 Å². The fourth-order valence-corrected chi connectivity index (χ4v) is 4.05. The Kier molecular flexibility index (Phi) is 4.42. The molecule has 140 valence electrons. The molecule has 27 heavy (non-hydrogen) atoms. The van der Waals surface area contributed by atoms with Crippen LogP contribution in [-0.2, 0) is 18.2 Å². The second kappa shape index (κ2) is 7.06. The molecule has 1 aliphatic heterocycles. The molecule has 0 amide bonds. The highest BCUT2D eigenvalue weighted by Crippen LogP contribution is 2.44. The molecule has 1 saturated carbocycles. The van der Waals surface area contributed by atoms with Crippen molar-refractivity contribution in [3.8, 4) is 11.4 Å². The Morgan fingerprint density at radius 3 is 2.70 bits per heavy atom. The number of benzene rings is 1. The van der Waals surface area contributed by atoms with Gasteiger partial charge in [-0.05, 0) is 60.6 Å². The second-order valence-corrected chi connectivity index (χ2v) is 7.77. The lowest BCUT2D eigenvalue weighted by atomic mass is 9.99. The van der Waals surface area contributed by atoms with Gasteiger partial charge in [-0.25, -0.2) is 4.98 Å². The van der Waals surface area contributed by atoms with Gasteiger partial charge in [0.15, 0.2) is 0 Å². The van der Waals surface area contributed by atoms with Crippen LogP contribution >= 0.6 is 0 Å². The zero-order chi connectivity index (χ0) is 18.2. The number of morpholine rings is 1. The second-order valence-electron chi connectivity index (χ2n) is 7.77. The minimum atomic E-state index is 0.692. The van der Waals surface area contributed by atoms with Crippen molar-refractivity contribution in [3.05, 3.63) is 47.7 Å². The van der Waals surface area contributed by atoms with E-state index in [9.17, 15) is 0 Å². The van der Waals surface area contributed by atoms with E-state index in [4.69, 9.17) is 9.72 Å². The first kappa shape index (κ1) is 16.9. The Morgan fingerprint density at radius 1 is 1.11 bits per heavy atom. The SMILES string of the molecule is Cn1nccc1-c1cc(C2CC2)c2cc(CCN3CCOCC3)ccc2n1. The molecule has 1 aromatic carbocycles. The van der Waals surface area contributed by atoms with E-state index in [0.29, 0.717) is 5.92 Å². The standard InChI is InChI=1S/C22H26N4O/c1-25-22(6-8-23-25)21-15-18(17-3-4-17)19-14-16(2-5-20(19)24-21)7-9-26-10-12-27-13-11-26/h2,5-6,8,14-15,17H,3-4,7,9-13H2,1H3. The number of aromatic nitrogens is 3. The topological polar surface area (TPSA) is 43.2 Å². The van der Waals surface area contributed by atoms with Crippen molar-refractivity contribution in [1.29, 1.82) is 0 Å². The number of hydrogen-bond donors (Lipinski definition) is 0. The first-order chi connectivity index (χ1) is 13.3. The fraction of sp³-hybridized carbons (Fsp3) is 0.455. The number of rotatable bonds is 5. The van der Waals surface area contributed by atoms with Crippen molar-refractivity contribution in [2.45, 2.75) is 25.2 Å². The molecule has 5 heteroatoms. The van der Waals surface area contributed by atoms with Crippen molar-refractivity contribution >= 4 is 10.9 Å². The van der Waals surface area contributed by atoms with Crippen molar-refractivity contribution < 1.29 is 4.74 Å². The third kappa shape index (κ3) is 3.49. The Balaban J connectivity index is 1.47. The third-order valence-corrected chi connectivity index (χ3v) is 5.83. The van der Waals surface area contributed by atoms with Crippen LogP contribution in [0.1, 0.15) is 29.9 Å². The summed E-state index contributed by atoms with van der Waals surface area (Å²) in [6, 6.07) is 11.2. The van der Waals surface area contributed by atoms with Crippen molar-refractivity contribution in [3.63, 3.8) is 0 Å². The van der Waals surface area contributed by atoms with Gasteiger partial charge in [-0.1, -0.05) is 6.07 Å². The molecule has 0 radical (unpaired) electrons. The maximum absolute atomic E-state index is 5.45. The lowest BCUT2D eigenvalue weighted by Crippen LogP contribution is -2.37. The average molecular weight is 362 g/mol. The molecule has 0 unspecified atom stereocenters. The molecule has 3 aromatic rings. The molecule has 5 rings (SSSR count). The van der Waals surface area contributed by atoms with E-state index in [2.05, 4.69) is 34.3 Å². The van der Waals surface area contributed by atoms with E-state index in [1.807, 2.05) is 24.0 Å². The number of pyridine rings is 1. The smallest absolute Gasteiger partial charge is 0.0893 e. The van der Waals surface area contributed by atoms with E-state index in [0.717, 1.165) is 56.2 Å². The van der Waals surface area contributed by atoms with Gasteiger partial charge < -0.3 is 4.74 Å². The van der Waals surface area contributed by atoms with Crippen LogP contribution in [0, 0.1) is 0 Å². The lowest BCUT2D eigenvalue weighted by molar-refractivity contribution is 0.0384. The van der Waals surface area contributed by atoms with Gasteiger partial charge in [-0.2, -0.15) is 5.10 Å². The van der Waals surface area contributed by atoms with Gasteiger partial charge in [-0.3, -0.25) is 9.58 Å². The largest absolute Gasteiger partial charge is 0.379 e. The lowest BCUT2D eigenvalue weighted by Gasteiger charge is -2.26. The predicted molar refractivity (Wildman–Crippen MR) is 107 cm³/mol. The molecule has 1 aliphatic carbocycles. The molecular formula is C22H26N4O. The Bertz CT molecular complexity index is 954. The van der Waals surface area contributed by atoms with Crippen LogP contribution < -0.4 is 0 Å². The molecule has 1 saturated heterocycles. The molecule has 0 N–H and O–H groups in total. The molecule has 2 fully saturated rings. The van der Waals surface area contributed by atoms with Crippen LogP contribution in [0.2, 0.25) is 0 Å². The fourth-order valence-electron chi connectivity index (χ4n) is 4.05. The van der Waals surface area contributed by atoms with Crippen molar-refractivity contribution in [2.75, 3.05) is 32.8 Å². The summed E-state index contributed by atoms with van der Waals surface area (Å²) in [6.45, 7) is 4.94. The minimum Gasteiger partial charge on any atom is -0.379 e. The average Bonchev–Trinajstić information content (AvgIpc) is 3.47. The first-order valence-electron chi connectivity index (χ1n) is 10.00. The van der Waals surface area contributed by atoms with Crippen LogP contribution in [0.3, 0.4) is 0 Å². The summed E-state index contributed by atoms with van der Waals surface area (Å²) >= 11 is 0. The van der Waals surface area contributed by atoms with Gasteiger partial charge >= 0.3 is 0 Å². The maximum Gasteiger partial charge on any atom is 0.0893 e. The normalized spacial score (nSPS) is 18.3. The monoisotopic (exact) mass is 362 g/mol. The zero-order valence-electron chi connectivity index (χ0n) is 15.9. The van der Waals surface area contributed by atoms with E-state index in [1.54, 1.807) is 0 Å². The summed E-state index contributed by atoms with van der Waals surface area (Å²) in [6.07, 6.45) is 5.51. The third-order valence-electron chi connectivity index (χ3n) is 5.83. The molecule has 3 heterocycles. The summed E-state index contributed by atoms with van der Waals surface area (Å²) in [4.78, 5) is 7.45.